The smallest absolute Gasteiger partial charge is 0.339 e. The van der Waals surface area contributed by atoms with Crippen molar-refractivity contribution in [3.8, 4) is 0 Å². The summed E-state index contributed by atoms with van der Waals surface area (Å²) >= 11 is 0. The first-order chi connectivity index (χ1) is 10.9. The van der Waals surface area contributed by atoms with Crippen molar-refractivity contribution in [2.45, 2.75) is 18.4 Å². The second-order valence-corrected chi connectivity index (χ2v) is 6.60. The Kier molecular flexibility index (Phi) is 3.66. The van der Waals surface area contributed by atoms with Crippen LogP contribution in [0, 0.1) is 6.92 Å². The summed E-state index contributed by atoms with van der Waals surface area (Å²) in [5, 5.41) is 9.44. The van der Waals surface area contributed by atoms with Crippen LogP contribution in [0.5, 0.6) is 0 Å². The lowest BCUT2D eigenvalue weighted by molar-refractivity contribution is 0.0695. The molecule has 0 aromatic carbocycles. The summed E-state index contributed by atoms with van der Waals surface area (Å²) < 4.78 is 32.4. The van der Waals surface area contributed by atoms with Gasteiger partial charge >= 0.3 is 5.97 Å². The standard InChI is InChI=1S/C14H13N3O5S/c1-8-11(14(18)19)5-9(22-8)6-17-23(20,21)12-7-16-13-10(12)3-2-4-15-13/h2-5,7,17H,6H2,1H3,(H,15,16)(H,18,19). The Hall–Kier alpha value is -2.65. The molecule has 0 saturated carbocycles. The van der Waals surface area contributed by atoms with E-state index in [4.69, 9.17) is 9.52 Å². The molecule has 23 heavy (non-hydrogen) atoms. The number of H-pyrrole nitrogens is 1. The average Bonchev–Trinajstić information content (AvgIpc) is 3.09. The number of sulfonamides is 1. The molecule has 3 heterocycles. The number of nitrogens with zero attached hydrogens (tertiary/aromatic N) is 1. The van der Waals surface area contributed by atoms with Gasteiger partial charge in [0.2, 0.25) is 10.0 Å². The summed E-state index contributed by atoms with van der Waals surface area (Å²) in [5.74, 6) is -0.674. The molecule has 0 aliphatic rings. The van der Waals surface area contributed by atoms with E-state index >= 15 is 0 Å². The molecule has 8 nitrogen and oxygen atoms in total. The lowest BCUT2D eigenvalue weighted by Crippen LogP contribution is -2.22. The molecule has 0 radical (unpaired) electrons. The van der Waals surface area contributed by atoms with E-state index in [1.54, 1.807) is 18.3 Å². The quantitative estimate of drug-likeness (QED) is 0.651. The van der Waals surface area contributed by atoms with Crippen LogP contribution in [0.15, 0.2) is 39.9 Å². The number of hydrogen-bond donors (Lipinski definition) is 3. The zero-order valence-electron chi connectivity index (χ0n) is 12.0. The highest BCUT2D eigenvalue weighted by Gasteiger charge is 2.20. The van der Waals surface area contributed by atoms with E-state index in [2.05, 4.69) is 14.7 Å². The average molecular weight is 335 g/mol. The van der Waals surface area contributed by atoms with Crippen LogP contribution in [0.25, 0.3) is 11.0 Å². The van der Waals surface area contributed by atoms with Gasteiger partial charge < -0.3 is 14.5 Å². The lowest BCUT2D eigenvalue weighted by Gasteiger charge is -2.03. The minimum atomic E-state index is -3.79. The van der Waals surface area contributed by atoms with Crippen LogP contribution in [0.4, 0.5) is 0 Å². The molecule has 3 aromatic rings. The van der Waals surface area contributed by atoms with Gasteiger partial charge in [-0.25, -0.2) is 22.9 Å². The number of hydrogen-bond acceptors (Lipinski definition) is 5. The first kappa shape index (κ1) is 15.3. The summed E-state index contributed by atoms with van der Waals surface area (Å²) in [5.41, 5.74) is 0.477. The first-order valence-electron chi connectivity index (χ1n) is 6.63. The Balaban J connectivity index is 1.84. The second-order valence-electron chi connectivity index (χ2n) is 4.86. The van der Waals surface area contributed by atoms with E-state index in [-0.39, 0.29) is 28.5 Å². The Morgan fingerprint density at radius 3 is 2.96 bits per heavy atom. The van der Waals surface area contributed by atoms with Gasteiger partial charge in [-0.3, -0.25) is 0 Å². The van der Waals surface area contributed by atoms with Crippen molar-refractivity contribution in [3.63, 3.8) is 0 Å². The zero-order chi connectivity index (χ0) is 16.6. The highest BCUT2D eigenvalue weighted by Crippen LogP contribution is 2.21. The highest BCUT2D eigenvalue weighted by atomic mass is 32.2. The van der Waals surface area contributed by atoms with Gasteiger partial charge in [-0.15, -0.1) is 0 Å². The summed E-state index contributed by atoms with van der Waals surface area (Å²) in [6, 6.07) is 4.59. The lowest BCUT2D eigenvalue weighted by atomic mass is 10.2. The van der Waals surface area contributed by atoms with Gasteiger partial charge in [-0.05, 0) is 25.1 Å². The number of aromatic amines is 1. The minimum absolute atomic E-state index is 0.00971. The van der Waals surface area contributed by atoms with Crippen LogP contribution in [0.2, 0.25) is 0 Å². The SMILES string of the molecule is Cc1oc(CNS(=O)(=O)c2c[nH]c3ncccc23)cc1C(=O)O. The molecule has 120 valence electrons. The molecule has 0 aliphatic carbocycles. The number of carbonyl (C=O) groups is 1. The fraction of sp³-hybridized carbons (Fsp3) is 0.143. The topological polar surface area (TPSA) is 125 Å². The van der Waals surface area contributed by atoms with Crippen molar-refractivity contribution in [2.24, 2.45) is 0 Å². The molecule has 3 N–H and O–H groups in total. The normalized spacial score (nSPS) is 11.9. The van der Waals surface area contributed by atoms with Gasteiger partial charge in [0.05, 0.1) is 6.54 Å². The highest BCUT2D eigenvalue weighted by molar-refractivity contribution is 7.89. The van der Waals surface area contributed by atoms with E-state index in [1.165, 1.54) is 19.2 Å². The number of nitrogens with one attached hydrogen (secondary N) is 2. The van der Waals surface area contributed by atoms with Crippen molar-refractivity contribution in [3.05, 3.63) is 47.7 Å². The molecule has 9 heteroatoms. The van der Waals surface area contributed by atoms with Gasteiger partial charge in [0.15, 0.2) is 0 Å². The predicted octanol–water partition coefficient (Wildman–Crippen LogP) is 1.64. The van der Waals surface area contributed by atoms with E-state index < -0.39 is 16.0 Å². The maximum atomic E-state index is 12.4. The molecule has 0 amide bonds. The van der Waals surface area contributed by atoms with Gasteiger partial charge in [0.25, 0.3) is 0 Å². The van der Waals surface area contributed by atoms with E-state index in [9.17, 15) is 13.2 Å². The molecule has 0 saturated heterocycles. The molecule has 0 atom stereocenters. The molecular weight excluding hydrogens is 322 g/mol. The number of carboxylic acid groups (broad SMARTS) is 1. The maximum Gasteiger partial charge on any atom is 0.339 e. The number of aryl methyl sites for hydroxylation is 1. The molecule has 0 fully saturated rings. The van der Waals surface area contributed by atoms with E-state index in [0.29, 0.717) is 11.0 Å². The summed E-state index contributed by atoms with van der Waals surface area (Å²) in [4.78, 5) is 17.9. The third kappa shape index (κ3) is 2.83. The van der Waals surface area contributed by atoms with Gasteiger partial charge in [0.1, 0.15) is 27.6 Å². The van der Waals surface area contributed by atoms with Gasteiger partial charge in [-0.1, -0.05) is 0 Å². The number of fused-ring (bicyclic) bond motifs is 1. The molecule has 3 aromatic heterocycles. The van der Waals surface area contributed by atoms with Crippen LogP contribution in [0.3, 0.4) is 0 Å². The predicted molar refractivity (Wildman–Crippen MR) is 80.5 cm³/mol. The molecule has 0 spiro atoms. The number of aromatic carboxylic acids is 1. The molecule has 0 unspecified atom stereocenters. The Morgan fingerprint density at radius 2 is 2.26 bits per heavy atom. The Bertz CT molecular complexity index is 987. The largest absolute Gasteiger partial charge is 0.478 e. The molecule has 0 bridgehead atoms. The number of aromatic nitrogens is 2. The van der Waals surface area contributed by atoms with Gasteiger partial charge in [0, 0.05) is 17.8 Å². The van der Waals surface area contributed by atoms with Crippen molar-refractivity contribution in [1.29, 1.82) is 0 Å². The third-order valence-electron chi connectivity index (χ3n) is 3.34. The first-order valence-corrected chi connectivity index (χ1v) is 8.11. The van der Waals surface area contributed by atoms with Crippen LogP contribution >= 0.6 is 0 Å². The fourth-order valence-electron chi connectivity index (χ4n) is 2.24. The van der Waals surface area contributed by atoms with Crippen molar-refractivity contribution in [1.82, 2.24) is 14.7 Å². The monoisotopic (exact) mass is 335 g/mol. The Labute approximate surface area is 131 Å². The second kappa shape index (κ2) is 5.52. The van der Waals surface area contributed by atoms with Crippen molar-refractivity contribution >= 4 is 27.0 Å². The molecule has 0 aliphatic heterocycles. The van der Waals surface area contributed by atoms with Crippen LogP contribution in [-0.2, 0) is 16.6 Å². The van der Waals surface area contributed by atoms with Crippen molar-refractivity contribution < 1.29 is 22.7 Å². The van der Waals surface area contributed by atoms with Crippen LogP contribution in [0.1, 0.15) is 21.9 Å². The zero-order valence-corrected chi connectivity index (χ0v) is 12.8. The molecular formula is C14H13N3O5S. The number of rotatable bonds is 5. The minimum Gasteiger partial charge on any atom is -0.478 e. The summed E-state index contributed by atoms with van der Waals surface area (Å²) in [7, 11) is -3.79. The number of pyridine rings is 1. The summed E-state index contributed by atoms with van der Waals surface area (Å²) in [6.45, 7) is 1.36. The Morgan fingerprint density at radius 1 is 1.48 bits per heavy atom. The third-order valence-corrected chi connectivity index (χ3v) is 4.78. The summed E-state index contributed by atoms with van der Waals surface area (Å²) in [6.07, 6.45) is 2.91. The van der Waals surface area contributed by atoms with Crippen LogP contribution in [-0.4, -0.2) is 29.5 Å². The van der Waals surface area contributed by atoms with Gasteiger partial charge in [-0.2, -0.15) is 0 Å². The van der Waals surface area contributed by atoms with Crippen LogP contribution < -0.4 is 4.72 Å². The van der Waals surface area contributed by atoms with E-state index in [1.807, 2.05) is 0 Å². The maximum absolute atomic E-state index is 12.4. The van der Waals surface area contributed by atoms with E-state index in [0.717, 1.165) is 0 Å². The number of carboxylic acids is 1. The molecule has 3 rings (SSSR count). The fourth-order valence-corrected chi connectivity index (χ4v) is 3.40. The number of furan rings is 1. The van der Waals surface area contributed by atoms with Crippen molar-refractivity contribution in [2.75, 3.05) is 0 Å².